The van der Waals surface area contributed by atoms with Crippen molar-refractivity contribution in [3.05, 3.63) is 0 Å². The highest BCUT2D eigenvalue weighted by molar-refractivity contribution is 7.86. The van der Waals surface area contributed by atoms with Gasteiger partial charge in [0.05, 0.1) is 13.2 Å². The normalized spacial score (nSPS) is 22.6. The summed E-state index contributed by atoms with van der Waals surface area (Å²) in [6.07, 6.45) is 1.65. The number of aliphatic hydroxyl groups excluding tert-OH is 1. The minimum absolute atomic E-state index is 0.0236. The van der Waals surface area contributed by atoms with E-state index >= 15 is 0 Å². The van der Waals surface area contributed by atoms with Crippen LogP contribution in [-0.4, -0.2) is 81.9 Å². The fraction of sp³-hybridized carbons (Fsp3) is 1.00. The highest BCUT2D eigenvalue weighted by Crippen LogP contribution is 2.22. The Balaban J connectivity index is 2.86. The molecule has 8 heteroatoms. The van der Waals surface area contributed by atoms with Crippen molar-refractivity contribution in [2.24, 2.45) is 5.92 Å². The van der Waals surface area contributed by atoms with Gasteiger partial charge in [0.25, 0.3) is 10.2 Å². The number of hydrogen-bond donors (Lipinski definition) is 1. The molecule has 0 aromatic carbocycles. The van der Waals surface area contributed by atoms with Crippen molar-refractivity contribution in [1.82, 2.24) is 8.61 Å². The number of rotatable bonds is 9. The van der Waals surface area contributed by atoms with Gasteiger partial charge in [0.15, 0.2) is 0 Å². The van der Waals surface area contributed by atoms with Crippen molar-refractivity contribution >= 4 is 10.2 Å². The first kappa shape index (κ1) is 18.8. The fourth-order valence-electron chi connectivity index (χ4n) is 2.60. The van der Waals surface area contributed by atoms with Crippen LogP contribution in [0.25, 0.3) is 0 Å². The summed E-state index contributed by atoms with van der Waals surface area (Å²) in [6, 6.07) is -0.260. The van der Waals surface area contributed by atoms with E-state index in [1.54, 1.807) is 14.2 Å². The molecular weight excluding hydrogens is 296 g/mol. The summed E-state index contributed by atoms with van der Waals surface area (Å²) < 4.78 is 38.7. The molecule has 21 heavy (non-hydrogen) atoms. The molecular formula is C13H28N2O5S. The molecule has 7 nitrogen and oxygen atoms in total. The summed E-state index contributed by atoms with van der Waals surface area (Å²) in [4.78, 5) is 0. The Morgan fingerprint density at radius 1 is 1.38 bits per heavy atom. The van der Waals surface area contributed by atoms with Gasteiger partial charge in [0.1, 0.15) is 0 Å². The smallest absolute Gasteiger partial charge is 0.282 e. The zero-order valence-corrected chi connectivity index (χ0v) is 14.0. The summed E-state index contributed by atoms with van der Waals surface area (Å²) in [5.74, 6) is 0.0236. The molecule has 0 aromatic rings. The molecule has 0 radical (unpaired) electrons. The molecule has 0 saturated carbocycles. The summed E-state index contributed by atoms with van der Waals surface area (Å²) in [7, 11) is -0.459. The highest BCUT2D eigenvalue weighted by atomic mass is 32.2. The number of piperidine rings is 1. The third-order valence-corrected chi connectivity index (χ3v) is 5.90. The van der Waals surface area contributed by atoms with E-state index in [0.29, 0.717) is 32.8 Å². The number of aliphatic hydroxyl groups is 1. The zero-order valence-electron chi connectivity index (χ0n) is 13.2. The standard InChI is InChI=1S/C13H28N2O5S/c1-12(11-20-3)15(7-8-19-2)21(17,18)14-6-4-5-13(9-14)10-16/h12-13,16H,4-11H2,1-3H3. The molecule has 126 valence electrons. The van der Waals surface area contributed by atoms with Crippen LogP contribution in [0, 0.1) is 5.92 Å². The van der Waals surface area contributed by atoms with Gasteiger partial charge in [-0.2, -0.15) is 17.0 Å². The molecule has 2 unspecified atom stereocenters. The van der Waals surface area contributed by atoms with Gasteiger partial charge in [-0.25, -0.2) is 0 Å². The molecule has 1 N–H and O–H groups in total. The maximum absolute atomic E-state index is 12.8. The molecule has 0 amide bonds. The Bertz CT molecular complexity index is 390. The fourth-order valence-corrected chi connectivity index (χ4v) is 4.48. The second-order valence-corrected chi connectivity index (χ2v) is 7.35. The topological polar surface area (TPSA) is 79.3 Å². The Labute approximate surface area is 128 Å². The molecule has 1 rings (SSSR count). The monoisotopic (exact) mass is 324 g/mol. The molecule has 1 aliphatic rings. The van der Waals surface area contributed by atoms with Gasteiger partial charge in [-0.05, 0) is 25.7 Å². The van der Waals surface area contributed by atoms with Gasteiger partial charge >= 0.3 is 0 Å². The van der Waals surface area contributed by atoms with E-state index in [4.69, 9.17) is 9.47 Å². The average Bonchev–Trinajstić information content (AvgIpc) is 2.47. The third-order valence-electron chi connectivity index (χ3n) is 3.78. The largest absolute Gasteiger partial charge is 0.396 e. The molecule has 1 saturated heterocycles. The Morgan fingerprint density at radius 2 is 2.10 bits per heavy atom. The highest BCUT2D eigenvalue weighted by Gasteiger charge is 2.35. The summed E-state index contributed by atoms with van der Waals surface area (Å²) >= 11 is 0. The molecule has 0 aromatic heterocycles. The molecule has 0 aliphatic carbocycles. The van der Waals surface area contributed by atoms with E-state index in [1.165, 1.54) is 8.61 Å². The van der Waals surface area contributed by atoms with Gasteiger partial charge in [-0.3, -0.25) is 0 Å². The van der Waals surface area contributed by atoms with E-state index in [2.05, 4.69) is 0 Å². The average molecular weight is 324 g/mol. The van der Waals surface area contributed by atoms with E-state index in [-0.39, 0.29) is 18.6 Å². The second-order valence-electron chi connectivity index (χ2n) is 5.46. The van der Waals surface area contributed by atoms with Crippen molar-refractivity contribution < 1.29 is 23.0 Å². The number of hydrogen-bond acceptors (Lipinski definition) is 5. The molecule has 0 bridgehead atoms. The molecule has 1 heterocycles. The minimum Gasteiger partial charge on any atom is -0.396 e. The first-order valence-electron chi connectivity index (χ1n) is 7.33. The summed E-state index contributed by atoms with van der Waals surface area (Å²) in [6.45, 7) is 3.69. The number of methoxy groups -OCH3 is 2. The van der Waals surface area contributed by atoms with Gasteiger partial charge in [0, 0.05) is 46.5 Å². The molecule has 2 atom stereocenters. The van der Waals surface area contributed by atoms with Gasteiger partial charge in [-0.1, -0.05) is 0 Å². The first-order valence-corrected chi connectivity index (χ1v) is 8.72. The summed E-state index contributed by atoms with van der Waals surface area (Å²) in [5.41, 5.74) is 0. The summed E-state index contributed by atoms with van der Waals surface area (Å²) in [5, 5.41) is 9.27. The lowest BCUT2D eigenvalue weighted by Gasteiger charge is -2.37. The van der Waals surface area contributed by atoms with Crippen molar-refractivity contribution in [1.29, 1.82) is 0 Å². The Hall–Kier alpha value is -0.250. The van der Waals surface area contributed by atoms with E-state index in [1.807, 2.05) is 6.92 Å². The van der Waals surface area contributed by atoms with Crippen LogP contribution in [0.4, 0.5) is 0 Å². The molecule has 1 aliphatic heterocycles. The van der Waals surface area contributed by atoms with Crippen molar-refractivity contribution in [2.75, 3.05) is 53.7 Å². The van der Waals surface area contributed by atoms with Gasteiger partial charge in [0.2, 0.25) is 0 Å². The Morgan fingerprint density at radius 3 is 2.67 bits per heavy atom. The number of ether oxygens (including phenoxy) is 2. The lowest BCUT2D eigenvalue weighted by atomic mass is 10.0. The van der Waals surface area contributed by atoms with E-state index in [0.717, 1.165) is 12.8 Å². The second kappa shape index (κ2) is 9.02. The first-order chi connectivity index (χ1) is 9.97. The van der Waals surface area contributed by atoms with Crippen LogP contribution in [0.1, 0.15) is 19.8 Å². The minimum atomic E-state index is -3.57. The predicted octanol–water partition coefficient (Wildman–Crippen LogP) is -0.0812. The van der Waals surface area contributed by atoms with E-state index < -0.39 is 10.2 Å². The SMILES string of the molecule is COCCN(C(C)COC)S(=O)(=O)N1CCCC(CO)C1. The Kier molecular flexibility index (Phi) is 8.07. The van der Waals surface area contributed by atoms with Gasteiger partial charge in [-0.15, -0.1) is 0 Å². The maximum Gasteiger partial charge on any atom is 0.282 e. The predicted molar refractivity (Wildman–Crippen MR) is 80.2 cm³/mol. The lowest BCUT2D eigenvalue weighted by Crippen LogP contribution is -2.52. The van der Waals surface area contributed by atoms with Crippen LogP contribution in [0.2, 0.25) is 0 Å². The van der Waals surface area contributed by atoms with Crippen LogP contribution < -0.4 is 0 Å². The van der Waals surface area contributed by atoms with Crippen LogP contribution in [-0.2, 0) is 19.7 Å². The third kappa shape index (κ3) is 5.15. The molecule has 1 fully saturated rings. The van der Waals surface area contributed by atoms with Crippen LogP contribution >= 0.6 is 0 Å². The maximum atomic E-state index is 12.8. The quantitative estimate of drug-likeness (QED) is 0.642. The number of nitrogens with zero attached hydrogens (tertiary/aromatic N) is 2. The molecule has 0 spiro atoms. The van der Waals surface area contributed by atoms with Crippen LogP contribution in [0.15, 0.2) is 0 Å². The van der Waals surface area contributed by atoms with Gasteiger partial charge < -0.3 is 14.6 Å². The van der Waals surface area contributed by atoms with Crippen LogP contribution in [0.5, 0.6) is 0 Å². The lowest BCUT2D eigenvalue weighted by molar-refractivity contribution is 0.109. The van der Waals surface area contributed by atoms with E-state index in [9.17, 15) is 13.5 Å². The van der Waals surface area contributed by atoms with Crippen molar-refractivity contribution in [2.45, 2.75) is 25.8 Å². The van der Waals surface area contributed by atoms with Crippen molar-refractivity contribution in [3.63, 3.8) is 0 Å². The zero-order chi connectivity index (χ0) is 15.9. The van der Waals surface area contributed by atoms with Crippen LogP contribution in [0.3, 0.4) is 0 Å². The van der Waals surface area contributed by atoms with Crippen molar-refractivity contribution in [3.8, 4) is 0 Å².